The van der Waals surface area contributed by atoms with E-state index >= 15 is 0 Å². The number of anilines is 1. The summed E-state index contributed by atoms with van der Waals surface area (Å²) in [5.41, 5.74) is 6.23. The molecule has 0 amide bonds. The molecule has 0 spiro atoms. The molecule has 3 N–H and O–H groups in total. The lowest BCUT2D eigenvalue weighted by atomic mass is 10.3. The number of para-hydroxylation sites is 2. The number of hydrogen-bond acceptors (Lipinski definition) is 4. The molecular weight excluding hydrogens is 252 g/mol. The molecule has 0 aliphatic rings. The van der Waals surface area contributed by atoms with Gasteiger partial charge in [-0.3, -0.25) is 0 Å². The standard InChI is InChI=1S/C12H20N2O3S/c1-10(2)9-18(15,16)14-7-8-17-12-6-4-3-5-11(12)13/h3-6,10,14H,7-9,13H2,1-2H3. The molecule has 0 saturated heterocycles. The smallest absolute Gasteiger partial charge is 0.211 e. The Labute approximate surface area is 108 Å². The SMILES string of the molecule is CC(C)CS(=O)(=O)NCCOc1ccccc1N. The van der Waals surface area contributed by atoms with Crippen LogP contribution in [0.4, 0.5) is 5.69 Å². The first-order chi connectivity index (χ1) is 8.41. The molecule has 0 atom stereocenters. The van der Waals surface area contributed by atoms with E-state index in [0.29, 0.717) is 11.4 Å². The van der Waals surface area contributed by atoms with Crippen molar-refractivity contribution in [3.63, 3.8) is 0 Å². The molecule has 0 bridgehead atoms. The average molecular weight is 272 g/mol. The second kappa shape index (κ2) is 6.61. The zero-order chi connectivity index (χ0) is 13.6. The van der Waals surface area contributed by atoms with Gasteiger partial charge in [-0.15, -0.1) is 0 Å². The number of nitrogens with one attached hydrogen (secondary N) is 1. The third kappa shape index (κ3) is 5.37. The summed E-state index contributed by atoms with van der Waals surface area (Å²) < 4.78 is 30.9. The summed E-state index contributed by atoms with van der Waals surface area (Å²) in [6, 6.07) is 7.11. The van der Waals surface area contributed by atoms with Gasteiger partial charge in [-0.1, -0.05) is 26.0 Å². The molecule has 0 aliphatic carbocycles. The first-order valence-corrected chi connectivity index (χ1v) is 7.50. The van der Waals surface area contributed by atoms with E-state index in [1.54, 1.807) is 12.1 Å². The Hall–Kier alpha value is -1.27. The van der Waals surface area contributed by atoms with Crippen LogP contribution in [0.5, 0.6) is 5.75 Å². The third-order valence-electron chi connectivity index (χ3n) is 2.15. The minimum atomic E-state index is -3.21. The normalized spacial score (nSPS) is 11.7. The van der Waals surface area contributed by atoms with Crippen LogP contribution in [-0.2, 0) is 10.0 Å². The van der Waals surface area contributed by atoms with Crippen LogP contribution in [-0.4, -0.2) is 27.3 Å². The highest BCUT2D eigenvalue weighted by molar-refractivity contribution is 7.89. The first kappa shape index (κ1) is 14.8. The number of hydrogen-bond donors (Lipinski definition) is 2. The maximum atomic E-state index is 11.5. The van der Waals surface area contributed by atoms with Gasteiger partial charge in [0.15, 0.2) is 0 Å². The van der Waals surface area contributed by atoms with Crippen LogP contribution in [0.2, 0.25) is 0 Å². The predicted octanol–water partition coefficient (Wildman–Crippen LogP) is 1.22. The van der Waals surface area contributed by atoms with Crippen LogP contribution in [0.15, 0.2) is 24.3 Å². The van der Waals surface area contributed by atoms with E-state index in [1.165, 1.54) is 0 Å². The lowest BCUT2D eigenvalue weighted by molar-refractivity contribution is 0.324. The Morgan fingerprint density at radius 2 is 2.00 bits per heavy atom. The molecule has 18 heavy (non-hydrogen) atoms. The fraction of sp³-hybridized carbons (Fsp3) is 0.500. The van der Waals surface area contributed by atoms with Crippen LogP contribution >= 0.6 is 0 Å². The Kier molecular flexibility index (Phi) is 5.43. The number of ether oxygens (including phenoxy) is 1. The molecule has 1 aromatic carbocycles. The summed E-state index contributed by atoms with van der Waals surface area (Å²) in [4.78, 5) is 0. The quantitative estimate of drug-likeness (QED) is 0.577. The Morgan fingerprint density at radius 1 is 1.33 bits per heavy atom. The summed E-state index contributed by atoms with van der Waals surface area (Å²) in [6.07, 6.45) is 0. The molecule has 0 saturated carbocycles. The molecule has 6 heteroatoms. The summed E-state index contributed by atoms with van der Waals surface area (Å²) in [5.74, 6) is 0.800. The van der Waals surface area contributed by atoms with Crippen molar-refractivity contribution >= 4 is 15.7 Å². The number of nitrogens with two attached hydrogens (primary N) is 1. The largest absolute Gasteiger partial charge is 0.490 e. The van der Waals surface area contributed by atoms with Crippen LogP contribution in [0, 0.1) is 5.92 Å². The van der Waals surface area contributed by atoms with Crippen molar-refractivity contribution in [2.75, 3.05) is 24.6 Å². The fourth-order valence-electron chi connectivity index (χ4n) is 1.47. The van der Waals surface area contributed by atoms with Gasteiger partial charge in [0.2, 0.25) is 10.0 Å². The molecule has 1 rings (SSSR count). The van der Waals surface area contributed by atoms with E-state index in [-0.39, 0.29) is 24.8 Å². The zero-order valence-electron chi connectivity index (χ0n) is 10.7. The summed E-state index contributed by atoms with van der Waals surface area (Å²) in [7, 11) is -3.21. The molecular formula is C12H20N2O3S. The minimum Gasteiger partial charge on any atom is -0.490 e. The van der Waals surface area contributed by atoms with Crippen molar-refractivity contribution in [3.05, 3.63) is 24.3 Å². The monoisotopic (exact) mass is 272 g/mol. The molecule has 1 aromatic rings. The molecule has 0 aliphatic heterocycles. The number of sulfonamides is 1. The molecule has 0 radical (unpaired) electrons. The molecule has 102 valence electrons. The minimum absolute atomic E-state index is 0.105. The van der Waals surface area contributed by atoms with Crippen molar-refractivity contribution in [1.82, 2.24) is 4.72 Å². The zero-order valence-corrected chi connectivity index (χ0v) is 11.5. The lowest BCUT2D eigenvalue weighted by Crippen LogP contribution is -2.31. The number of benzene rings is 1. The topological polar surface area (TPSA) is 81.4 Å². The average Bonchev–Trinajstić information content (AvgIpc) is 2.25. The van der Waals surface area contributed by atoms with E-state index in [4.69, 9.17) is 10.5 Å². The van der Waals surface area contributed by atoms with Gasteiger partial charge in [-0.05, 0) is 18.1 Å². The highest BCUT2D eigenvalue weighted by Gasteiger charge is 2.11. The Bertz CT molecular complexity index is 472. The van der Waals surface area contributed by atoms with Crippen molar-refractivity contribution in [2.24, 2.45) is 5.92 Å². The van der Waals surface area contributed by atoms with Gasteiger partial charge in [0.05, 0.1) is 11.4 Å². The fourth-order valence-corrected chi connectivity index (χ4v) is 2.86. The highest BCUT2D eigenvalue weighted by atomic mass is 32.2. The molecule has 5 nitrogen and oxygen atoms in total. The van der Waals surface area contributed by atoms with Crippen LogP contribution in [0.1, 0.15) is 13.8 Å². The van der Waals surface area contributed by atoms with Crippen LogP contribution in [0.3, 0.4) is 0 Å². The van der Waals surface area contributed by atoms with Gasteiger partial charge in [-0.2, -0.15) is 0 Å². The summed E-state index contributed by atoms with van der Waals surface area (Å²) >= 11 is 0. The van der Waals surface area contributed by atoms with Gasteiger partial charge in [0.1, 0.15) is 12.4 Å². The summed E-state index contributed by atoms with van der Waals surface area (Å²) in [5, 5.41) is 0. The predicted molar refractivity (Wildman–Crippen MR) is 73.0 cm³/mol. The molecule has 0 aromatic heterocycles. The number of rotatable bonds is 7. The van der Waals surface area contributed by atoms with Gasteiger partial charge < -0.3 is 10.5 Å². The Balaban J connectivity index is 2.33. The van der Waals surface area contributed by atoms with Gasteiger partial charge in [0, 0.05) is 6.54 Å². The maximum absolute atomic E-state index is 11.5. The van der Waals surface area contributed by atoms with Gasteiger partial charge >= 0.3 is 0 Å². The molecule has 0 heterocycles. The van der Waals surface area contributed by atoms with Crippen LogP contribution in [0.25, 0.3) is 0 Å². The maximum Gasteiger partial charge on any atom is 0.211 e. The van der Waals surface area contributed by atoms with E-state index in [9.17, 15) is 8.42 Å². The van der Waals surface area contributed by atoms with Crippen molar-refractivity contribution in [3.8, 4) is 5.75 Å². The third-order valence-corrected chi connectivity index (χ3v) is 3.90. The summed E-state index contributed by atoms with van der Waals surface area (Å²) in [6.45, 7) is 4.22. The Morgan fingerprint density at radius 3 is 2.61 bits per heavy atom. The van der Waals surface area contributed by atoms with Gasteiger partial charge in [-0.25, -0.2) is 13.1 Å². The van der Waals surface area contributed by atoms with Gasteiger partial charge in [0.25, 0.3) is 0 Å². The highest BCUT2D eigenvalue weighted by Crippen LogP contribution is 2.19. The van der Waals surface area contributed by atoms with E-state index in [2.05, 4.69) is 4.72 Å². The van der Waals surface area contributed by atoms with Crippen LogP contribution < -0.4 is 15.2 Å². The molecule has 0 unspecified atom stereocenters. The van der Waals surface area contributed by atoms with Crippen molar-refractivity contribution < 1.29 is 13.2 Å². The number of nitrogen functional groups attached to an aromatic ring is 1. The van der Waals surface area contributed by atoms with Crippen molar-refractivity contribution in [1.29, 1.82) is 0 Å². The lowest BCUT2D eigenvalue weighted by Gasteiger charge is -2.10. The van der Waals surface area contributed by atoms with Crippen molar-refractivity contribution in [2.45, 2.75) is 13.8 Å². The second-order valence-corrected chi connectivity index (χ2v) is 6.31. The first-order valence-electron chi connectivity index (χ1n) is 5.85. The van der Waals surface area contributed by atoms with E-state index in [0.717, 1.165) is 0 Å². The molecule has 0 fully saturated rings. The second-order valence-electron chi connectivity index (χ2n) is 4.46. The van der Waals surface area contributed by atoms with E-state index < -0.39 is 10.0 Å². The van der Waals surface area contributed by atoms with E-state index in [1.807, 2.05) is 26.0 Å².